The van der Waals surface area contributed by atoms with E-state index in [9.17, 15) is 9.59 Å². The Morgan fingerprint density at radius 2 is 1.68 bits per heavy atom. The van der Waals surface area contributed by atoms with Crippen LogP contribution in [-0.4, -0.2) is 29.8 Å². The molecule has 148 valence electrons. The first-order chi connectivity index (χ1) is 13.2. The minimum absolute atomic E-state index is 0.0103. The number of carbonyl (C=O) groups excluding carboxylic acids is 2. The van der Waals surface area contributed by atoms with Crippen molar-refractivity contribution < 1.29 is 9.59 Å². The van der Waals surface area contributed by atoms with E-state index in [1.54, 1.807) is 12.1 Å². The summed E-state index contributed by atoms with van der Waals surface area (Å²) in [6, 6.07) is 15.0. The van der Waals surface area contributed by atoms with E-state index in [1.807, 2.05) is 41.3 Å². The number of hydrogen-bond acceptors (Lipinski definition) is 2. The van der Waals surface area contributed by atoms with Crippen LogP contribution in [0.2, 0.25) is 5.02 Å². The van der Waals surface area contributed by atoms with Crippen LogP contribution in [-0.2, 0) is 10.2 Å². The first kappa shape index (κ1) is 20.4. The second-order valence-corrected chi connectivity index (χ2v) is 8.83. The van der Waals surface area contributed by atoms with Crippen molar-refractivity contribution in [2.45, 2.75) is 39.0 Å². The van der Waals surface area contributed by atoms with Gasteiger partial charge >= 0.3 is 0 Å². The predicted octanol–water partition coefficient (Wildman–Crippen LogP) is 5.13. The van der Waals surface area contributed by atoms with Crippen molar-refractivity contribution in [1.29, 1.82) is 0 Å². The zero-order valence-corrected chi connectivity index (χ0v) is 17.4. The molecule has 1 aliphatic heterocycles. The van der Waals surface area contributed by atoms with E-state index in [2.05, 4.69) is 26.1 Å². The molecule has 1 saturated heterocycles. The molecule has 0 aromatic heterocycles. The van der Waals surface area contributed by atoms with Crippen molar-refractivity contribution in [2.24, 2.45) is 5.92 Å². The molecule has 0 unspecified atom stereocenters. The molecular weight excluding hydrogens is 372 g/mol. The van der Waals surface area contributed by atoms with Gasteiger partial charge in [-0.2, -0.15) is 0 Å². The zero-order valence-electron chi connectivity index (χ0n) is 16.7. The van der Waals surface area contributed by atoms with Crippen LogP contribution in [0, 0.1) is 5.92 Å². The van der Waals surface area contributed by atoms with Crippen molar-refractivity contribution in [2.75, 3.05) is 18.4 Å². The highest BCUT2D eigenvalue weighted by Crippen LogP contribution is 2.25. The topological polar surface area (TPSA) is 49.4 Å². The number of halogens is 1. The van der Waals surface area contributed by atoms with Crippen LogP contribution >= 0.6 is 11.6 Å². The van der Waals surface area contributed by atoms with Crippen molar-refractivity contribution in [3.8, 4) is 0 Å². The summed E-state index contributed by atoms with van der Waals surface area (Å²) in [6.07, 6.45) is 1.33. The molecule has 0 spiro atoms. The Balaban J connectivity index is 1.56. The molecule has 0 aliphatic carbocycles. The Morgan fingerprint density at radius 1 is 1.04 bits per heavy atom. The predicted molar refractivity (Wildman–Crippen MR) is 114 cm³/mol. The molecule has 28 heavy (non-hydrogen) atoms. The third-order valence-electron chi connectivity index (χ3n) is 5.24. The van der Waals surface area contributed by atoms with E-state index in [0.29, 0.717) is 42.2 Å². The van der Waals surface area contributed by atoms with Gasteiger partial charge in [0.2, 0.25) is 5.91 Å². The molecule has 2 aromatic rings. The lowest BCUT2D eigenvalue weighted by Crippen LogP contribution is -2.41. The van der Waals surface area contributed by atoms with Gasteiger partial charge in [0.25, 0.3) is 5.91 Å². The molecule has 5 heteroatoms. The minimum Gasteiger partial charge on any atom is -0.339 e. The number of piperidine rings is 1. The molecule has 0 bridgehead atoms. The lowest BCUT2D eigenvalue weighted by atomic mass is 9.86. The van der Waals surface area contributed by atoms with Crippen LogP contribution in [0.25, 0.3) is 0 Å². The monoisotopic (exact) mass is 398 g/mol. The summed E-state index contributed by atoms with van der Waals surface area (Å²) in [5.41, 5.74) is 2.68. The fourth-order valence-corrected chi connectivity index (χ4v) is 3.64. The average Bonchev–Trinajstić information content (AvgIpc) is 2.67. The number of rotatable bonds is 3. The summed E-state index contributed by atoms with van der Waals surface area (Å²) in [6.45, 7) is 7.65. The summed E-state index contributed by atoms with van der Waals surface area (Å²) >= 11 is 5.97. The number of carbonyl (C=O) groups is 2. The molecule has 1 heterocycles. The smallest absolute Gasteiger partial charge is 0.253 e. The number of nitrogens with zero attached hydrogens (tertiary/aromatic N) is 1. The van der Waals surface area contributed by atoms with Gasteiger partial charge in [-0.1, -0.05) is 50.6 Å². The number of nitrogens with one attached hydrogen (secondary N) is 1. The highest BCUT2D eigenvalue weighted by atomic mass is 35.5. The van der Waals surface area contributed by atoms with Gasteiger partial charge in [-0.15, -0.1) is 0 Å². The second kappa shape index (κ2) is 8.36. The summed E-state index contributed by atoms with van der Waals surface area (Å²) in [5, 5.41) is 3.51. The Kier molecular flexibility index (Phi) is 6.09. The number of anilines is 1. The van der Waals surface area contributed by atoms with Gasteiger partial charge in [-0.3, -0.25) is 9.59 Å². The summed E-state index contributed by atoms with van der Waals surface area (Å²) < 4.78 is 0. The summed E-state index contributed by atoms with van der Waals surface area (Å²) in [4.78, 5) is 27.1. The van der Waals surface area contributed by atoms with E-state index < -0.39 is 0 Å². The van der Waals surface area contributed by atoms with Crippen LogP contribution in [0.15, 0.2) is 48.5 Å². The summed E-state index contributed by atoms with van der Waals surface area (Å²) in [5.74, 6) is -0.0654. The fourth-order valence-electron chi connectivity index (χ4n) is 3.45. The fraction of sp³-hybridized carbons (Fsp3) is 0.391. The number of benzene rings is 2. The van der Waals surface area contributed by atoms with Crippen molar-refractivity contribution in [3.63, 3.8) is 0 Å². The number of amides is 2. The first-order valence-electron chi connectivity index (χ1n) is 9.70. The van der Waals surface area contributed by atoms with Crippen LogP contribution < -0.4 is 5.32 Å². The number of likely N-dealkylation sites (tertiary alicyclic amines) is 1. The molecule has 1 N–H and O–H groups in total. The molecule has 0 atom stereocenters. The van der Waals surface area contributed by atoms with Gasteiger partial charge in [0.15, 0.2) is 0 Å². The standard InChI is InChI=1S/C23H27ClN2O2/c1-23(2,3)18-9-7-17(8-10-18)22(28)26-13-11-16(12-14-26)21(27)25-20-6-4-5-19(24)15-20/h4-10,15-16H,11-14H2,1-3H3,(H,25,27). The molecule has 1 aliphatic rings. The summed E-state index contributed by atoms with van der Waals surface area (Å²) in [7, 11) is 0. The third kappa shape index (κ3) is 4.93. The molecule has 0 radical (unpaired) electrons. The van der Waals surface area contributed by atoms with Crippen LogP contribution in [0.5, 0.6) is 0 Å². The molecule has 0 saturated carbocycles. The van der Waals surface area contributed by atoms with Crippen molar-refractivity contribution >= 4 is 29.1 Å². The first-order valence-corrected chi connectivity index (χ1v) is 10.1. The van der Waals surface area contributed by atoms with Gasteiger partial charge in [0.1, 0.15) is 0 Å². The Hall–Kier alpha value is -2.33. The maximum atomic E-state index is 12.8. The SMILES string of the molecule is CC(C)(C)c1ccc(C(=O)N2CCC(C(=O)Nc3cccc(Cl)c3)CC2)cc1. The van der Waals surface area contributed by atoms with Crippen LogP contribution in [0.4, 0.5) is 5.69 Å². The van der Waals surface area contributed by atoms with Crippen molar-refractivity contribution in [3.05, 3.63) is 64.7 Å². The van der Waals surface area contributed by atoms with Gasteiger partial charge in [-0.05, 0) is 54.2 Å². The zero-order chi connectivity index (χ0) is 20.3. The molecule has 2 aromatic carbocycles. The molecule has 4 nitrogen and oxygen atoms in total. The van der Waals surface area contributed by atoms with Gasteiger partial charge < -0.3 is 10.2 Å². The second-order valence-electron chi connectivity index (χ2n) is 8.39. The molecule has 3 rings (SSSR count). The maximum Gasteiger partial charge on any atom is 0.253 e. The van der Waals surface area contributed by atoms with E-state index in [1.165, 1.54) is 5.56 Å². The highest BCUT2D eigenvalue weighted by Gasteiger charge is 2.28. The highest BCUT2D eigenvalue weighted by molar-refractivity contribution is 6.30. The van der Waals surface area contributed by atoms with Gasteiger partial charge in [0.05, 0.1) is 0 Å². The van der Waals surface area contributed by atoms with Gasteiger partial charge in [0, 0.05) is 35.3 Å². The Labute approximate surface area is 171 Å². The Bertz CT molecular complexity index is 848. The lowest BCUT2D eigenvalue weighted by Gasteiger charge is -2.31. The third-order valence-corrected chi connectivity index (χ3v) is 5.48. The maximum absolute atomic E-state index is 12.8. The Morgan fingerprint density at radius 3 is 2.25 bits per heavy atom. The quantitative estimate of drug-likeness (QED) is 0.779. The van der Waals surface area contributed by atoms with Crippen molar-refractivity contribution in [1.82, 2.24) is 4.90 Å². The van der Waals surface area contributed by atoms with E-state index in [-0.39, 0.29) is 23.1 Å². The molecule has 1 fully saturated rings. The van der Waals surface area contributed by atoms with E-state index in [0.717, 1.165) is 0 Å². The number of hydrogen-bond donors (Lipinski definition) is 1. The molecular formula is C23H27ClN2O2. The van der Waals surface area contributed by atoms with Gasteiger partial charge in [-0.25, -0.2) is 0 Å². The van der Waals surface area contributed by atoms with Crippen LogP contribution in [0.1, 0.15) is 49.5 Å². The van der Waals surface area contributed by atoms with E-state index in [4.69, 9.17) is 11.6 Å². The lowest BCUT2D eigenvalue weighted by molar-refractivity contribution is -0.121. The average molecular weight is 399 g/mol. The van der Waals surface area contributed by atoms with Crippen LogP contribution in [0.3, 0.4) is 0 Å². The normalized spacial score (nSPS) is 15.4. The largest absolute Gasteiger partial charge is 0.339 e. The minimum atomic E-state index is -0.0914. The molecule has 2 amide bonds. The van der Waals surface area contributed by atoms with E-state index >= 15 is 0 Å².